The van der Waals surface area contributed by atoms with Crippen molar-refractivity contribution in [3.05, 3.63) is 59.9 Å². The smallest absolute Gasteiger partial charge is 0.138 e. The lowest BCUT2D eigenvalue weighted by molar-refractivity contribution is 1.09. The van der Waals surface area contributed by atoms with E-state index in [1.54, 1.807) is 0 Å². The van der Waals surface area contributed by atoms with Gasteiger partial charge in [-0.2, -0.15) is 0 Å². The van der Waals surface area contributed by atoms with E-state index in [1.165, 1.54) is 5.69 Å². The van der Waals surface area contributed by atoms with E-state index in [0.29, 0.717) is 0 Å². The molecule has 0 atom stereocenters. The molecule has 18 heavy (non-hydrogen) atoms. The van der Waals surface area contributed by atoms with E-state index in [-0.39, 0.29) is 0 Å². The summed E-state index contributed by atoms with van der Waals surface area (Å²) in [5.74, 6) is 1.04. The van der Waals surface area contributed by atoms with Crippen molar-refractivity contribution in [2.45, 2.75) is 13.8 Å². The minimum Gasteiger partial charge on any atom is -0.340 e. The number of anilines is 2. The molecule has 0 amide bonds. The van der Waals surface area contributed by atoms with Gasteiger partial charge in [0.25, 0.3) is 0 Å². The highest BCUT2D eigenvalue weighted by atomic mass is 15.1. The topological polar surface area (TPSA) is 29.3 Å². The van der Waals surface area contributed by atoms with Crippen LogP contribution >= 0.6 is 0 Å². The van der Waals surface area contributed by atoms with Crippen molar-refractivity contribution in [2.24, 2.45) is 0 Å². The number of nitrogens with one attached hydrogen (secondary N) is 1. The molecule has 3 aromatic rings. The van der Waals surface area contributed by atoms with Gasteiger partial charge < -0.3 is 5.32 Å². The summed E-state index contributed by atoms with van der Waals surface area (Å²) in [5, 5.41) is 3.44. The molecule has 0 saturated heterocycles. The molecule has 90 valence electrons. The zero-order chi connectivity index (χ0) is 12.5. The predicted molar refractivity (Wildman–Crippen MR) is 74.4 cm³/mol. The number of pyridine rings is 1. The number of rotatable bonds is 2. The highest BCUT2D eigenvalue weighted by Gasteiger charge is 2.09. The van der Waals surface area contributed by atoms with Crippen LogP contribution in [0.15, 0.2) is 48.5 Å². The summed E-state index contributed by atoms with van der Waals surface area (Å²) >= 11 is 0. The van der Waals surface area contributed by atoms with E-state index in [0.717, 1.165) is 22.8 Å². The second kappa shape index (κ2) is 4.18. The highest BCUT2D eigenvalue weighted by molar-refractivity contribution is 5.64. The van der Waals surface area contributed by atoms with Gasteiger partial charge in [0.05, 0.1) is 5.69 Å². The SMILES string of the molecule is Cc1nc2cccc(C)n2c1Nc1ccccc1. The number of fused-ring (bicyclic) bond motifs is 1. The maximum absolute atomic E-state index is 4.57. The first-order valence-electron chi connectivity index (χ1n) is 6.02. The van der Waals surface area contributed by atoms with Crippen LogP contribution in [0.1, 0.15) is 11.4 Å². The molecular formula is C15H15N3. The molecule has 0 radical (unpaired) electrons. The van der Waals surface area contributed by atoms with Crippen LogP contribution in [0.4, 0.5) is 11.5 Å². The van der Waals surface area contributed by atoms with Crippen molar-refractivity contribution in [2.75, 3.05) is 5.32 Å². The number of hydrogen-bond donors (Lipinski definition) is 1. The molecule has 2 aromatic heterocycles. The maximum Gasteiger partial charge on any atom is 0.138 e. The zero-order valence-electron chi connectivity index (χ0n) is 10.5. The van der Waals surface area contributed by atoms with Gasteiger partial charge >= 0.3 is 0 Å². The Balaban J connectivity index is 2.14. The molecule has 0 aliphatic carbocycles. The van der Waals surface area contributed by atoms with E-state index in [1.807, 2.05) is 37.3 Å². The van der Waals surface area contributed by atoms with E-state index in [2.05, 4.69) is 39.8 Å². The molecule has 3 rings (SSSR count). The lowest BCUT2D eigenvalue weighted by Crippen LogP contribution is -1.99. The zero-order valence-corrected chi connectivity index (χ0v) is 10.5. The summed E-state index contributed by atoms with van der Waals surface area (Å²) in [4.78, 5) is 4.57. The Morgan fingerprint density at radius 2 is 1.72 bits per heavy atom. The third-order valence-corrected chi connectivity index (χ3v) is 3.05. The molecule has 1 N–H and O–H groups in total. The summed E-state index contributed by atoms with van der Waals surface area (Å²) < 4.78 is 2.14. The van der Waals surface area contributed by atoms with E-state index < -0.39 is 0 Å². The summed E-state index contributed by atoms with van der Waals surface area (Å²) in [6, 6.07) is 16.3. The Morgan fingerprint density at radius 1 is 0.944 bits per heavy atom. The molecule has 0 spiro atoms. The number of aromatic nitrogens is 2. The largest absolute Gasteiger partial charge is 0.340 e. The van der Waals surface area contributed by atoms with Gasteiger partial charge in [-0.15, -0.1) is 0 Å². The fraction of sp³-hybridized carbons (Fsp3) is 0.133. The van der Waals surface area contributed by atoms with Gasteiger partial charge in [0.15, 0.2) is 0 Å². The lowest BCUT2D eigenvalue weighted by atomic mass is 10.3. The number of para-hydroxylation sites is 1. The summed E-state index contributed by atoms with van der Waals surface area (Å²) in [6.07, 6.45) is 0. The first-order chi connectivity index (χ1) is 8.75. The molecule has 0 fully saturated rings. The minimum absolute atomic E-state index is 0.978. The third-order valence-electron chi connectivity index (χ3n) is 3.05. The van der Waals surface area contributed by atoms with E-state index in [4.69, 9.17) is 0 Å². The number of imidazole rings is 1. The van der Waals surface area contributed by atoms with Gasteiger partial charge in [0.1, 0.15) is 11.5 Å². The van der Waals surface area contributed by atoms with Crippen LogP contribution in [0.3, 0.4) is 0 Å². The Hall–Kier alpha value is -2.29. The second-order valence-electron chi connectivity index (χ2n) is 4.40. The van der Waals surface area contributed by atoms with Crippen molar-refractivity contribution in [1.82, 2.24) is 9.38 Å². The Kier molecular flexibility index (Phi) is 2.52. The van der Waals surface area contributed by atoms with Crippen LogP contribution in [-0.2, 0) is 0 Å². The van der Waals surface area contributed by atoms with Gasteiger partial charge in [-0.25, -0.2) is 4.98 Å². The van der Waals surface area contributed by atoms with Crippen molar-refractivity contribution in [3.8, 4) is 0 Å². The molecule has 0 unspecified atom stereocenters. The third kappa shape index (κ3) is 1.74. The van der Waals surface area contributed by atoms with Gasteiger partial charge in [-0.1, -0.05) is 24.3 Å². The molecule has 2 heterocycles. The van der Waals surface area contributed by atoms with E-state index >= 15 is 0 Å². The number of benzene rings is 1. The van der Waals surface area contributed by atoms with Crippen molar-refractivity contribution in [3.63, 3.8) is 0 Å². The van der Waals surface area contributed by atoms with Crippen LogP contribution in [0.25, 0.3) is 5.65 Å². The van der Waals surface area contributed by atoms with Crippen LogP contribution in [0.5, 0.6) is 0 Å². The normalized spacial score (nSPS) is 10.8. The number of nitrogens with zero attached hydrogens (tertiary/aromatic N) is 2. The molecule has 3 nitrogen and oxygen atoms in total. The summed E-state index contributed by atoms with van der Waals surface area (Å²) in [7, 11) is 0. The highest BCUT2D eigenvalue weighted by Crippen LogP contribution is 2.23. The van der Waals surface area contributed by atoms with Gasteiger partial charge in [-0.05, 0) is 38.1 Å². The van der Waals surface area contributed by atoms with Crippen LogP contribution in [0.2, 0.25) is 0 Å². The van der Waals surface area contributed by atoms with Crippen molar-refractivity contribution >= 4 is 17.2 Å². The molecule has 0 saturated carbocycles. The Bertz CT molecular complexity index is 684. The predicted octanol–water partition coefficient (Wildman–Crippen LogP) is 3.69. The maximum atomic E-state index is 4.57. The lowest BCUT2D eigenvalue weighted by Gasteiger charge is -2.09. The Morgan fingerprint density at radius 3 is 2.50 bits per heavy atom. The van der Waals surface area contributed by atoms with Gasteiger partial charge in [0.2, 0.25) is 0 Å². The average molecular weight is 237 g/mol. The van der Waals surface area contributed by atoms with Crippen LogP contribution < -0.4 is 5.32 Å². The standard InChI is InChI=1S/C15H15N3/c1-11-7-6-10-14-16-12(2)15(18(11)14)17-13-8-4-3-5-9-13/h3-10,17H,1-2H3. The van der Waals surface area contributed by atoms with Crippen molar-refractivity contribution in [1.29, 1.82) is 0 Å². The van der Waals surface area contributed by atoms with E-state index in [9.17, 15) is 0 Å². The summed E-state index contributed by atoms with van der Waals surface area (Å²) in [5.41, 5.74) is 4.23. The quantitative estimate of drug-likeness (QED) is 0.736. The Labute approximate surface area is 106 Å². The van der Waals surface area contributed by atoms with Crippen LogP contribution in [0, 0.1) is 13.8 Å². The number of aryl methyl sites for hydroxylation is 2. The minimum atomic E-state index is 0.978. The van der Waals surface area contributed by atoms with Gasteiger partial charge in [-0.3, -0.25) is 4.40 Å². The molecule has 1 aromatic carbocycles. The molecular weight excluding hydrogens is 222 g/mol. The molecule has 3 heteroatoms. The fourth-order valence-corrected chi connectivity index (χ4v) is 2.17. The molecule has 0 aliphatic rings. The average Bonchev–Trinajstić information content (AvgIpc) is 2.69. The summed E-state index contributed by atoms with van der Waals surface area (Å²) in [6.45, 7) is 4.11. The fourth-order valence-electron chi connectivity index (χ4n) is 2.17. The number of hydrogen-bond acceptors (Lipinski definition) is 2. The molecule has 0 aliphatic heterocycles. The monoisotopic (exact) mass is 237 g/mol. The first-order valence-corrected chi connectivity index (χ1v) is 6.02. The van der Waals surface area contributed by atoms with Crippen molar-refractivity contribution < 1.29 is 0 Å². The second-order valence-corrected chi connectivity index (χ2v) is 4.40. The molecule has 0 bridgehead atoms. The first kappa shape index (κ1) is 10.8. The van der Waals surface area contributed by atoms with Gasteiger partial charge in [0, 0.05) is 11.4 Å². The van der Waals surface area contributed by atoms with Crippen LogP contribution in [-0.4, -0.2) is 9.38 Å².